The highest BCUT2D eigenvalue weighted by molar-refractivity contribution is 7.90. The quantitative estimate of drug-likeness (QED) is 0.504. The summed E-state index contributed by atoms with van der Waals surface area (Å²) in [6, 6.07) is 18.0. The first-order valence-electron chi connectivity index (χ1n) is 13.6. The number of likely N-dealkylation sites (tertiary alicyclic amines) is 1. The van der Waals surface area contributed by atoms with Gasteiger partial charge in [0, 0.05) is 40.7 Å². The van der Waals surface area contributed by atoms with Crippen molar-refractivity contribution < 1.29 is 17.9 Å². The Kier molecular flexibility index (Phi) is 6.43. The highest BCUT2D eigenvalue weighted by Crippen LogP contribution is 2.49. The smallest absolute Gasteiger partial charge is 0.258 e. The molecule has 1 saturated heterocycles. The van der Waals surface area contributed by atoms with Crippen molar-refractivity contribution in [3.05, 3.63) is 76.9 Å². The number of amides is 1. The van der Waals surface area contributed by atoms with E-state index < -0.39 is 9.84 Å². The Hall–Kier alpha value is -3.36. The average molecular weight is 546 g/mol. The normalized spacial score (nSPS) is 18.1. The topological polar surface area (TPSA) is 79.0 Å². The molecule has 6 rings (SSSR count). The molecule has 0 unspecified atom stereocenters. The summed E-state index contributed by atoms with van der Waals surface area (Å²) in [7, 11) is -0.929. The van der Waals surface area contributed by atoms with Crippen molar-refractivity contribution in [1.82, 2.24) is 4.90 Å². The van der Waals surface area contributed by atoms with Gasteiger partial charge in [-0.2, -0.15) is 0 Å². The molecule has 3 aliphatic heterocycles. The van der Waals surface area contributed by atoms with Gasteiger partial charge in [0.25, 0.3) is 5.91 Å². The Morgan fingerprint density at radius 1 is 1.03 bits per heavy atom. The molecule has 1 N–H and O–H groups in total. The van der Waals surface area contributed by atoms with Crippen LogP contribution in [0.15, 0.2) is 54.6 Å². The zero-order valence-electron chi connectivity index (χ0n) is 22.8. The van der Waals surface area contributed by atoms with Gasteiger partial charge in [-0.1, -0.05) is 18.2 Å². The number of nitrogens with one attached hydrogen (secondary N) is 1. The predicted molar refractivity (Wildman–Crippen MR) is 156 cm³/mol. The van der Waals surface area contributed by atoms with Gasteiger partial charge in [-0.15, -0.1) is 0 Å². The number of nitrogens with zero attached hydrogens (tertiary/aromatic N) is 2. The number of carbonyl (C=O) groups is 1. The first-order valence-corrected chi connectivity index (χ1v) is 15.6. The van der Waals surface area contributed by atoms with Crippen molar-refractivity contribution in [3.8, 4) is 16.9 Å². The fourth-order valence-corrected chi connectivity index (χ4v) is 6.60. The van der Waals surface area contributed by atoms with E-state index in [0.29, 0.717) is 12.1 Å². The Bertz CT molecular complexity index is 1540. The van der Waals surface area contributed by atoms with Crippen LogP contribution in [-0.2, 0) is 21.7 Å². The molecule has 3 aliphatic rings. The highest BCUT2D eigenvalue weighted by atomic mass is 32.2. The molecule has 1 fully saturated rings. The number of piperidine rings is 1. The third-order valence-electron chi connectivity index (χ3n) is 8.55. The molecule has 8 heteroatoms. The van der Waals surface area contributed by atoms with E-state index in [1.165, 1.54) is 17.4 Å². The van der Waals surface area contributed by atoms with E-state index in [1.807, 2.05) is 54.3 Å². The SMILES string of the molecule is Cc1cc(NCS(C)(=O)=O)ccc1-c1ccc(C(=O)N2CCc3cc4c(cc32)C2(CCN(C)CC2)CO4)cc1. The number of aryl methyl sites for hydroxylation is 1. The number of ether oxygens (including phenoxy) is 1. The molecular formula is C31H35N3O4S. The molecule has 1 spiro atoms. The fourth-order valence-electron chi connectivity index (χ4n) is 6.17. The Morgan fingerprint density at radius 2 is 1.77 bits per heavy atom. The number of anilines is 2. The second-order valence-corrected chi connectivity index (χ2v) is 13.6. The second kappa shape index (κ2) is 9.68. The highest BCUT2D eigenvalue weighted by Gasteiger charge is 2.44. The van der Waals surface area contributed by atoms with Crippen LogP contribution < -0.4 is 15.0 Å². The maximum Gasteiger partial charge on any atom is 0.258 e. The van der Waals surface area contributed by atoms with E-state index >= 15 is 0 Å². The number of benzene rings is 3. The Morgan fingerprint density at radius 3 is 2.46 bits per heavy atom. The standard InChI is InChI=1S/C31H35N3O4S/c1-21-16-25(32-20-39(3,36)37)8-9-26(21)22-4-6-23(7-5-22)30(35)34-13-10-24-17-29-27(18-28(24)34)31(19-38-29)11-14-33(2)15-12-31/h4-9,16-18,32H,10-15,19-20H2,1-3H3. The summed E-state index contributed by atoms with van der Waals surface area (Å²) in [6.45, 7) is 5.54. The lowest BCUT2D eigenvalue weighted by Gasteiger charge is -2.37. The molecule has 0 radical (unpaired) electrons. The van der Waals surface area contributed by atoms with Gasteiger partial charge in [-0.3, -0.25) is 4.79 Å². The molecule has 3 aromatic rings. The maximum absolute atomic E-state index is 13.7. The van der Waals surface area contributed by atoms with Crippen LogP contribution in [0.3, 0.4) is 0 Å². The molecule has 0 saturated carbocycles. The van der Waals surface area contributed by atoms with Crippen molar-refractivity contribution in [1.29, 1.82) is 0 Å². The van der Waals surface area contributed by atoms with Gasteiger partial charge in [0.05, 0.1) is 6.61 Å². The number of hydrogen-bond acceptors (Lipinski definition) is 6. The third kappa shape index (κ3) is 4.92. The van der Waals surface area contributed by atoms with Gasteiger partial charge in [0.1, 0.15) is 11.6 Å². The molecule has 204 valence electrons. The molecule has 7 nitrogen and oxygen atoms in total. The Balaban J connectivity index is 1.21. The number of fused-ring (bicyclic) bond motifs is 3. The van der Waals surface area contributed by atoms with E-state index in [1.54, 1.807) is 0 Å². The maximum atomic E-state index is 13.7. The Labute approximate surface area is 230 Å². The summed E-state index contributed by atoms with van der Waals surface area (Å²) in [4.78, 5) is 18.0. The third-order valence-corrected chi connectivity index (χ3v) is 9.22. The summed E-state index contributed by atoms with van der Waals surface area (Å²) in [6.07, 6.45) is 4.21. The summed E-state index contributed by atoms with van der Waals surface area (Å²) in [5, 5.41) is 2.96. The zero-order chi connectivity index (χ0) is 27.4. The molecule has 3 heterocycles. The summed E-state index contributed by atoms with van der Waals surface area (Å²) in [5.74, 6) is 0.926. The monoisotopic (exact) mass is 545 g/mol. The minimum Gasteiger partial charge on any atom is -0.492 e. The molecule has 3 aromatic carbocycles. The van der Waals surface area contributed by atoms with Crippen LogP contribution in [-0.4, -0.2) is 64.6 Å². The van der Waals surface area contributed by atoms with Crippen LogP contribution in [0.25, 0.3) is 11.1 Å². The van der Waals surface area contributed by atoms with Gasteiger partial charge < -0.3 is 19.9 Å². The predicted octanol–water partition coefficient (Wildman–Crippen LogP) is 4.63. The van der Waals surface area contributed by atoms with Crippen molar-refractivity contribution in [3.63, 3.8) is 0 Å². The average Bonchev–Trinajstić information content (AvgIpc) is 3.49. The second-order valence-electron chi connectivity index (χ2n) is 11.4. The fraction of sp³-hybridized carbons (Fsp3) is 0.387. The number of hydrogen-bond donors (Lipinski definition) is 1. The lowest BCUT2D eigenvalue weighted by Crippen LogP contribution is -2.42. The molecule has 0 aliphatic carbocycles. The molecule has 0 atom stereocenters. The van der Waals surface area contributed by atoms with Crippen LogP contribution in [0.2, 0.25) is 0 Å². The zero-order valence-corrected chi connectivity index (χ0v) is 23.6. The van der Waals surface area contributed by atoms with Crippen molar-refractivity contribution in [2.75, 3.05) is 55.6 Å². The first kappa shape index (κ1) is 25.9. The van der Waals surface area contributed by atoms with Gasteiger partial charge in [0.15, 0.2) is 9.84 Å². The van der Waals surface area contributed by atoms with Crippen LogP contribution >= 0.6 is 0 Å². The summed E-state index contributed by atoms with van der Waals surface area (Å²) < 4.78 is 29.1. The summed E-state index contributed by atoms with van der Waals surface area (Å²) >= 11 is 0. The number of rotatable bonds is 5. The van der Waals surface area contributed by atoms with Crippen LogP contribution in [0.4, 0.5) is 11.4 Å². The van der Waals surface area contributed by atoms with Gasteiger partial charge in [0.2, 0.25) is 0 Å². The van der Waals surface area contributed by atoms with Crippen LogP contribution in [0.5, 0.6) is 5.75 Å². The van der Waals surface area contributed by atoms with Crippen LogP contribution in [0, 0.1) is 6.92 Å². The molecule has 0 aromatic heterocycles. The molecular weight excluding hydrogens is 510 g/mol. The van der Waals surface area contributed by atoms with E-state index in [2.05, 4.69) is 29.4 Å². The van der Waals surface area contributed by atoms with Crippen molar-refractivity contribution in [2.45, 2.75) is 31.6 Å². The molecule has 0 bridgehead atoms. The van der Waals surface area contributed by atoms with Crippen molar-refractivity contribution >= 4 is 27.1 Å². The van der Waals surface area contributed by atoms with E-state index in [0.717, 1.165) is 72.8 Å². The van der Waals surface area contributed by atoms with Gasteiger partial charge in [-0.05, 0) is 105 Å². The summed E-state index contributed by atoms with van der Waals surface area (Å²) in [5.41, 5.74) is 8.06. The van der Waals surface area contributed by atoms with E-state index in [9.17, 15) is 13.2 Å². The first-order chi connectivity index (χ1) is 18.6. The number of sulfone groups is 1. The molecule has 1 amide bonds. The van der Waals surface area contributed by atoms with E-state index in [-0.39, 0.29) is 17.2 Å². The lowest BCUT2D eigenvalue weighted by molar-refractivity contribution is 0.0989. The molecule has 39 heavy (non-hydrogen) atoms. The van der Waals surface area contributed by atoms with Gasteiger partial charge >= 0.3 is 0 Å². The minimum absolute atomic E-state index is 0.0219. The van der Waals surface area contributed by atoms with Gasteiger partial charge in [-0.25, -0.2) is 8.42 Å². The van der Waals surface area contributed by atoms with Crippen molar-refractivity contribution in [2.24, 2.45) is 0 Å². The largest absolute Gasteiger partial charge is 0.492 e. The lowest BCUT2D eigenvalue weighted by atomic mass is 9.74. The van der Waals surface area contributed by atoms with E-state index in [4.69, 9.17) is 4.74 Å². The van der Waals surface area contributed by atoms with Crippen LogP contribution in [0.1, 0.15) is 39.9 Å². The minimum atomic E-state index is -3.10. The number of carbonyl (C=O) groups excluding carboxylic acids is 1.